The summed E-state index contributed by atoms with van der Waals surface area (Å²) in [4.78, 5) is 21.0. The Bertz CT molecular complexity index is 474. The van der Waals surface area contributed by atoms with Crippen molar-refractivity contribution in [2.45, 2.75) is 63.5 Å². The number of hydrogen-bond acceptors (Lipinski definition) is 6. The molecule has 0 amide bonds. The molecule has 0 fully saturated rings. The quantitative estimate of drug-likeness (QED) is 0.592. The van der Waals surface area contributed by atoms with Crippen LogP contribution in [-0.4, -0.2) is 33.2 Å². The molecular formula is C14H20N4O4. The van der Waals surface area contributed by atoms with E-state index in [1.165, 1.54) is 13.8 Å². The summed E-state index contributed by atoms with van der Waals surface area (Å²) in [5.74, 6) is -1.90. The number of nitriles is 2. The van der Waals surface area contributed by atoms with Crippen LogP contribution in [0, 0.1) is 22.7 Å². The predicted molar refractivity (Wildman–Crippen MR) is 75.9 cm³/mol. The van der Waals surface area contributed by atoms with Crippen molar-refractivity contribution in [2.24, 2.45) is 10.2 Å². The largest absolute Gasteiger partial charge is 0.481 e. The molecule has 2 atom stereocenters. The summed E-state index contributed by atoms with van der Waals surface area (Å²) in [5, 5.41) is 43.3. The zero-order valence-electron chi connectivity index (χ0n) is 12.7. The number of rotatable bonds is 10. The molecule has 0 aliphatic rings. The van der Waals surface area contributed by atoms with Gasteiger partial charge in [0.25, 0.3) is 0 Å². The molecule has 0 radical (unpaired) electrons. The molecule has 0 aliphatic carbocycles. The highest BCUT2D eigenvalue weighted by molar-refractivity contribution is 5.66. The molecule has 0 saturated carbocycles. The zero-order chi connectivity index (χ0) is 17.2. The second-order valence-electron chi connectivity index (χ2n) is 5.47. The van der Waals surface area contributed by atoms with Gasteiger partial charge in [-0.15, -0.1) is 0 Å². The Morgan fingerprint density at radius 3 is 1.45 bits per heavy atom. The highest BCUT2D eigenvalue weighted by atomic mass is 16.4. The van der Waals surface area contributed by atoms with Crippen LogP contribution in [0.25, 0.3) is 0 Å². The van der Waals surface area contributed by atoms with Gasteiger partial charge in [-0.05, 0) is 39.5 Å². The van der Waals surface area contributed by atoms with Crippen molar-refractivity contribution < 1.29 is 19.8 Å². The Labute approximate surface area is 129 Å². The van der Waals surface area contributed by atoms with Gasteiger partial charge in [-0.25, -0.2) is 0 Å². The van der Waals surface area contributed by atoms with Crippen LogP contribution in [-0.2, 0) is 9.59 Å². The van der Waals surface area contributed by atoms with E-state index in [1.807, 2.05) is 12.1 Å². The first-order valence-corrected chi connectivity index (χ1v) is 6.86. The second kappa shape index (κ2) is 8.73. The van der Waals surface area contributed by atoms with Gasteiger partial charge in [0.05, 0.1) is 12.1 Å². The fourth-order valence-corrected chi connectivity index (χ4v) is 1.64. The Balaban J connectivity index is 4.76. The van der Waals surface area contributed by atoms with E-state index in [9.17, 15) is 9.59 Å². The predicted octanol–water partition coefficient (Wildman–Crippen LogP) is 2.51. The number of azo groups is 1. The molecule has 2 unspecified atom stereocenters. The number of nitrogens with zero attached hydrogens (tertiary/aromatic N) is 4. The van der Waals surface area contributed by atoms with Gasteiger partial charge in [-0.1, -0.05) is 0 Å². The number of aliphatic carboxylic acids is 2. The lowest BCUT2D eigenvalue weighted by Crippen LogP contribution is -2.24. The van der Waals surface area contributed by atoms with Crippen LogP contribution in [0.15, 0.2) is 10.2 Å². The molecule has 8 nitrogen and oxygen atoms in total. The van der Waals surface area contributed by atoms with Crippen LogP contribution in [0.2, 0.25) is 0 Å². The number of carboxylic acids is 2. The van der Waals surface area contributed by atoms with Gasteiger partial charge in [0.1, 0.15) is 0 Å². The van der Waals surface area contributed by atoms with Gasteiger partial charge >= 0.3 is 11.9 Å². The van der Waals surface area contributed by atoms with E-state index in [0.29, 0.717) is 0 Å². The lowest BCUT2D eigenvalue weighted by Gasteiger charge is -2.19. The third kappa shape index (κ3) is 7.95. The molecule has 0 saturated heterocycles. The summed E-state index contributed by atoms with van der Waals surface area (Å²) in [6.45, 7) is 3.04. The molecule has 120 valence electrons. The van der Waals surface area contributed by atoms with Crippen LogP contribution >= 0.6 is 0 Å². The SMILES string of the molecule is CC(C#N)(CCCC(=O)O)N=NC(C)(C#N)CCCC(=O)O. The molecule has 0 aromatic carbocycles. The number of hydrogen-bond donors (Lipinski definition) is 2. The zero-order valence-corrected chi connectivity index (χ0v) is 12.7. The van der Waals surface area contributed by atoms with Gasteiger partial charge in [-0.2, -0.15) is 20.8 Å². The van der Waals surface area contributed by atoms with Crippen molar-refractivity contribution >= 4 is 11.9 Å². The van der Waals surface area contributed by atoms with Crippen LogP contribution < -0.4 is 0 Å². The Hall–Kier alpha value is -2.48. The minimum atomic E-state index is -1.19. The molecule has 0 bridgehead atoms. The molecule has 22 heavy (non-hydrogen) atoms. The monoisotopic (exact) mass is 308 g/mol. The average molecular weight is 308 g/mol. The standard InChI is InChI=1S/C14H20N4O4/c1-13(9-15,7-3-5-11(19)20)17-18-14(2,10-16)8-4-6-12(21)22/h3-8H2,1-2H3,(H,19,20)(H,21,22). The molecule has 0 aliphatic heterocycles. The van der Waals surface area contributed by atoms with E-state index in [1.54, 1.807) is 0 Å². The summed E-state index contributed by atoms with van der Waals surface area (Å²) in [6.07, 6.45) is 0.856. The first kappa shape index (κ1) is 19.5. The Kier molecular flexibility index (Phi) is 7.74. The van der Waals surface area contributed by atoms with Crippen molar-refractivity contribution in [2.75, 3.05) is 0 Å². The van der Waals surface area contributed by atoms with E-state index in [0.717, 1.165) is 0 Å². The fraction of sp³-hybridized carbons (Fsp3) is 0.714. The minimum Gasteiger partial charge on any atom is -0.481 e. The topological polar surface area (TPSA) is 147 Å². The maximum absolute atomic E-state index is 10.5. The number of carbonyl (C=O) groups is 2. The summed E-state index contributed by atoms with van der Waals surface area (Å²) in [5.41, 5.74) is -2.39. The van der Waals surface area contributed by atoms with Crippen LogP contribution in [0.5, 0.6) is 0 Å². The molecule has 0 aromatic heterocycles. The highest BCUT2D eigenvalue weighted by Gasteiger charge is 2.28. The summed E-state index contributed by atoms with van der Waals surface area (Å²) in [6, 6.07) is 3.93. The molecule has 0 spiro atoms. The Morgan fingerprint density at radius 2 is 1.23 bits per heavy atom. The average Bonchev–Trinajstić information content (AvgIpc) is 2.44. The van der Waals surface area contributed by atoms with E-state index in [-0.39, 0.29) is 38.5 Å². The third-order valence-corrected chi connectivity index (χ3v) is 3.08. The smallest absolute Gasteiger partial charge is 0.303 e. The molecule has 0 heterocycles. The van der Waals surface area contributed by atoms with Crippen molar-refractivity contribution in [3.63, 3.8) is 0 Å². The lowest BCUT2D eigenvalue weighted by molar-refractivity contribution is -0.138. The van der Waals surface area contributed by atoms with Crippen LogP contribution in [0.1, 0.15) is 52.4 Å². The maximum atomic E-state index is 10.5. The third-order valence-electron chi connectivity index (χ3n) is 3.08. The van der Waals surface area contributed by atoms with Gasteiger partial charge in [-0.3, -0.25) is 9.59 Å². The second-order valence-corrected chi connectivity index (χ2v) is 5.47. The Morgan fingerprint density at radius 1 is 0.909 bits per heavy atom. The normalized spacial score (nSPS) is 16.2. The van der Waals surface area contributed by atoms with Crippen LogP contribution in [0.3, 0.4) is 0 Å². The van der Waals surface area contributed by atoms with E-state index < -0.39 is 23.0 Å². The van der Waals surface area contributed by atoms with Gasteiger partial charge in [0.2, 0.25) is 0 Å². The van der Waals surface area contributed by atoms with Crippen molar-refractivity contribution in [1.29, 1.82) is 10.5 Å². The van der Waals surface area contributed by atoms with Gasteiger partial charge < -0.3 is 10.2 Å². The molecule has 8 heteroatoms. The van der Waals surface area contributed by atoms with Gasteiger partial charge in [0, 0.05) is 12.8 Å². The maximum Gasteiger partial charge on any atom is 0.303 e. The minimum absolute atomic E-state index is 0.0685. The van der Waals surface area contributed by atoms with E-state index in [4.69, 9.17) is 20.7 Å². The fourth-order valence-electron chi connectivity index (χ4n) is 1.64. The van der Waals surface area contributed by atoms with Crippen LogP contribution in [0.4, 0.5) is 0 Å². The van der Waals surface area contributed by atoms with Gasteiger partial charge in [0.15, 0.2) is 11.1 Å². The van der Waals surface area contributed by atoms with Crippen molar-refractivity contribution in [1.82, 2.24) is 0 Å². The summed E-state index contributed by atoms with van der Waals surface area (Å²) < 4.78 is 0. The van der Waals surface area contributed by atoms with E-state index >= 15 is 0 Å². The highest BCUT2D eigenvalue weighted by Crippen LogP contribution is 2.24. The van der Waals surface area contributed by atoms with Crippen molar-refractivity contribution in [3.8, 4) is 12.1 Å². The molecule has 0 rings (SSSR count). The first-order chi connectivity index (χ1) is 10.2. The first-order valence-electron chi connectivity index (χ1n) is 6.86. The lowest BCUT2D eigenvalue weighted by atomic mass is 9.96. The summed E-state index contributed by atoms with van der Waals surface area (Å²) >= 11 is 0. The molecule has 0 aromatic rings. The molecule has 2 N–H and O–H groups in total. The molecular weight excluding hydrogens is 288 g/mol. The van der Waals surface area contributed by atoms with Crippen molar-refractivity contribution in [3.05, 3.63) is 0 Å². The summed E-state index contributed by atoms with van der Waals surface area (Å²) in [7, 11) is 0. The van der Waals surface area contributed by atoms with E-state index in [2.05, 4.69) is 10.2 Å². The number of carboxylic acid groups (broad SMARTS) is 2.